The van der Waals surface area contributed by atoms with Crippen molar-refractivity contribution in [2.45, 2.75) is 45.3 Å². The number of carbonyl (C=O) groups excluding carboxylic acids is 1. The van der Waals surface area contributed by atoms with E-state index in [9.17, 15) is 28.5 Å². The van der Waals surface area contributed by atoms with Gasteiger partial charge in [0.2, 0.25) is 10.0 Å². The molecule has 0 aromatic rings. The van der Waals surface area contributed by atoms with Gasteiger partial charge in [0.1, 0.15) is 6.10 Å². The van der Waals surface area contributed by atoms with Crippen molar-refractivity contribution < 1.29 is 28.5 Å². The fourth-order valence-electron chi connectivity index (χ4n) is 4.08. The van der Waals surface area contributed by atoms with Crippen LogP contribution in [0.4, 0.5) is 0 Å². The molecule has 0 aliphatic heterocycles. The number of nitrogens with one attached hydrogen (secondary N) is 1. The van der Waals surface area contributed by atoms with Crippen LogP contribution in [0.3, 0.4) is 0 Å². The smallest absolute Gasteiger partial charge is 0.213 e. The number of hydrogen-bond acceptors (Lipinski definition) is 6. The molecule has 3 atom stereocenters. The normalized spacial score (nSPS) is 34.4. The first-order chi connectivity index (χ1) is 9.95. The summed E-state index contributed by atoms with van der Waals surface area (Å²) < 4.78 is 27.2. The Hall–Kier alpha value is -0.540. The molecule has 2 saturated carbocycles. The van der Waals surface area contributed by atoms with Crippen molar-refractivity contribution in [1.82, 2.24) is 4.72 Å². The summed E-state index contributed by atoms with van der Waals surface area (Å²) in [7, 11) is -3.92. The minimum absolute atomic E-state index is 0.225. The van der Waals surface area contributed by atoms with E-state index < -0.39 is 57.2 Å². The zero-order chi connectivity index (χ0) is 17.0. The van der Waals surface area contributed by atoms with Gasteiger partial charge >= 0.3 is 0 Å². The van der Waals surface area contributed by atoms with E-state index in [2.05, 4.69) is 4.72 Å². The third-order valence-corrected chi connectivity index (χ3v) is 7.38. The molecule has 0 heterocycles. The number of Topliss-reactive ketones (excluding diaryl/α,β-unsaturated/α-hetero) is 1. The van der Waals surface area contributed by atoms with Gasteiger partial charge in [0.05, 0.1) is 29.9 Å². The lowest BCUT2D eigenvalue weighted by Crippen LogP contribution is -2.55. The van der Waals surface area contributed by atoms with Crippen LogP contribution in [0.2, 0.25) is 0 Å². The van der Waals surface area contributed by atoms with Crippen LogP contribution in [0.5, 0.6) is 0 Å². The van der Waals surface area contributed by atoms with Gasteiger partial charge in [-0.3, -0.25) is 4.79 Å². The van der Waals surface area contributed by atoms with E-state index in [0.29, 0.717) is 12.8 Å². The average molecular weight is 335 g/mol. The van der Waals surface area contributed by atoms with Gasteiger partial charge in [0.25, 0.3) is 0 Å². The molecular weight excluding hydrogens is 310 g/mol. The predicted molar refractivity (Wildman–Crippen MR) is 79.5 cm³/mol. The lowest BCUT2D eigenvalue weighted by Gasteiger charge is -2.37. The van der Waals surface area contributed by atoms with E-state index in [-0.39, 0.29) is 5.92 Å². The van der Waals surface area contributed by atoms with Crippen molar-refractivity contribution in [3.05, 3.63) is 0 Å². The molecule has 2 fully saturated rings. The summed E-state index contributed by atoms with van der Waals surface area (Å²) in [6.07, 6.45) is -0.0654. The van der Waals surface area contributed by atoms with Crippen LogP contribution in [0.1, 0.15) is 33.6 Å². The highest BCUT2D eigenvalue weighted by molar-refractivity contribution is 7.89. The third kappa shape index (κ3) is 2.41. The number of rotatable bonds is 6. The SMILES string of the molecule is CC(CO)(CO)NS(=O)(=O)CC12CCC(C(O)C1=O)C2(C)C. The van der Waals surface area contributed by atoms with Crippen molar-refractivity contribution in [2.24, 2.45) is 16.7 Å². The fraction of sp³-hybridized carbons (Fsp3) is 0.929. The first kappa shape index (κ1) is 17.8. The van der Waals surface area contributed by atoms with Gasteiger partial charge in [-0.2, -0.15) is 0 Å². The van der Waals surface area contributed by atoms with E-state index >= 15 is 0 Å². The molecule has 2 bridgehead atoms. The summed E-state index contributed by atoms with van der Waals surface area (Å²) in [5.74, 6) is -1.07. The van der Waals surface area contributed by atoms with Crippen LogP contribution in [-0.4, -0.2) is 60.1 Å². The molecule has 8 heteroatoms. The summed E-state index contributed by atoms with van der Waals surface area (Å²) in [6, 6.07) is 0. The topological polar surface area (TPSA) is 124 Å². The zero-order valence-corrected chi connectivity index (χ0v) is 14.0. The molecule has 0 amide bonds. The Labute approximate surface area is 130 Å². The largest absolute Gasteiger partial charge is 0.394 e. The Balaban J connectivity index is 2.31. The standard InChI is InChI=1S/C14H25NO6S/c1-12(2)9-4-5-14(12,11(19)10(9)18)8-22(20,21)15-13(3,6-16)7-17/h9-10,15-18H,4-8H2,1-3H3. The van der Waals surface area contributed by atoms with Gasteiger partial charge < -0.3 is 15.3 Å². The second-order valence-electron chi connectivity index (χ2n) is 7.50. The van der Waals surface area contributed by atoms with E-state index in [4.69, 9.17) is 0 Å². The molecule has 2 aliphatic rings. The third-order valence-electron chi connectivity index (χ3n) is 5.70. The van der Waals surface area contributed by atoms with Crippen LogP contribution in [0, 0.1) is 16.7 Å². The van der Waals surface area contributed by atoms with Gasteiger partial charge in [-0.05, 0) is 31.1 Å². The maximum Gasteiger partial charge on any atom is 0.213 e. The van der Waals surface area contributed by atoms with Crippen molar-refractivity contribution in [3.8, 4) is 0 Å². The molecule has 4 N–H and O–H groups in total. The van der Waals surface area contributed by atoms with Crippen molar-refractivity contribution >= 4 is 15.8 Å². The maximum absolute atomic E-state index is 12.5. The monoisotopic (exact) mass is 335 g/mol. The molecule has 0 radical (unpaired) electrons. The lowest BCUT2D eigenvalue weighted by molar-refractivity contribution is -0.135. The van der Waals surface area contributed by atoms with E-state index in [1.54, 1.807) is 0 Å². The molecule has 7 nitrogen and oxygen atoms in total. The highest BCUT2D eigenvalue weighted by Gasteiger charge is 2.69. The first-order valence-electron chi connectivity index (χ1n) is 7.40. The number of fused-ring (bicyclic) bond motifs is 2. The van der Waals surface area contributed by atoms with Crippen molar-refractivity contribution in [3.63, 3.8) is 0 Å². The van der Waals surface area contributed by atoms with Gasteiger partial charge in [-0.15, -0.1) is 0 Å². The van der Waals surface area contributed by atoms with Gasteiger partial charge in [0.15, 0.2) is 5.78 Å². The molecule has 2 aliphatic carbocycles. The Morgan fingerprint density at radius 2 is 1.86 bits per heavy atom. The summed E-state index contributed by atoms with van der Waals surface area (Å²) in [5, 5.41) is 28.5. The number of hydrogen-bond donors (Lipinski definition) is 4. The lowest BCUT2D eigenvalue weighted by atomic mass is 9.70. The molecule has 0 saturated heterocycles. The fourth-order valence-corrected chi connectivity index (χ4v) is 6.34. The van der Waals surface area contributed by atoms with Gasteiger partial charge in [-0.25, -0.2) is 13.1 Å². The van der Waals surface area contributed by atoms with E-state index in [0.717, 1.165) is 0 Å². The Morgan fingerprint density at radius 3 is 2.27 bits per heavy atom. The average Bonchev–Trinajstić information content (AvgIpc) is 2.73. The number of ketones is 1. The Kier molecular flexibility index (Phi) is 4.24. The minimum Gasteiger partial charge on any atom is -0.394 e. The van der Waals surface area contributed by atoms with E-state index in [1.165, 1.54) is 6.92 Å². The molecule has 22 heavy (non-hydrogen) atoms. The highest BCUT2D eigenvalue weighted by Crippen LogP contribution is 2.64. The number of carbonyl (C=O) groups is 1. The molecule has 0 aromatic carbocycles. The van der Waals surface area contributed by atoms with Gasteiger partial charge in [0, 0.05) is 0 Å². The summed E-state index contributed by atoms with van der Waals surface area (Å²) in [4.78, 5) is 12.4. The highest BCUT2D eigenvalue weighted by atomic mass is 32.2. The van der Waals surface area contributed by atoms with Crippen LogP contribution in [-0.2, 0) is 14.8 Å². The van der Waals surface area contributed by atoms with E-state index in [1.807, 2.05) is 13.8 Å². The van der Waals surface area contributed by atoms with Crippen molar-refractivity contribution in [2.75, 3.05) is 19.0 Å². The second-order valence-corrected chi connectivity index (χ2v) is 9.22. The summed E-state index contributed by atoms with van der Waals surface area (Å²) in [5.41, 5.74) is -3.10. The molecule has 2 rings (SSSR count). The zero-order valence-electron chi connectivity index (χ0n) is 13.2. The Bertz CT molecular complexity index is 568. The number of aliphatic hydroxyl groups is 3. The quantitative estimate of drug-likeness (QED) is 0.494. The van der Waals surface area contributed by atoms with Crippen LogP contribution in [0.15, 0.2) is 0 Å². The minimum atomic E-state index is -3.92. The summed E-state index contributed by atoms with van der Waals surface area (Å²) >= 11 is 0. The summed E-state index contributed by atoms with van der Waals surface area (Å²) in [6.45, 7) is 3.92. The van der Waals surface area contributed by atoms with Crippen LogP contribution in [0.25, 0.3) is 0 Å². The molecule has 3 unspecified atom stereocenters. The van der Waals surface area contributed by atoms with Gasteiger partial charge in [-0.1, -0.05) is 13.8 Å². The Morgan fingerprint density at radius 1 is 1.32 bits per heavy atom. The van der Waals surface area contributed by atoms with Crippen LogP contribution >= 0.6 is 0 Å². The second kappa shape index (κ2) is 5.24. The molecular formula is C14H25NO6S. The first-order valence-corrected chi connectivity index (χ1v) is 9.06. The molecule has 0 spiro atoms. The number of aliphatic hydroxyl groups excluding tert-OH is 3. The maximum atomic E-state index is 12.5. The molecule has 128 valence electrons. The van der Waals surface area contributed by atoms with Crippen LogP contribution < -0.4 is 4.72 Å². The number of sulfonamides is 1. The predicted octanol–water partition coefficient (Wildman–Crippen LogP) is -0.985. The molecule has 0 aromatic heterocycles. The van der Waals surface area contributed by atoms with Crippen molar-refractivity contribution in [1.29, 1.82) is 0 Å².